The molecule has 0 aliphatic carbocycles. The third kappa shape index (κ3) is 2.86. The van der Waals surface area contributed by atoms with Gasteiger partial charge in [-0.05, 0) is 19.0 Å². The summed E-state index contributed by atoms with van der Waals surface area (Å²) < 4.78 is 2.11. The van der Waals surface area contributed by atoms with Crippen molar-refractivity contribution in [2.45, 2.75) is 39.3 Å². The highest BCUT2D eigenvalue weighted by Crippen LogP contribution is 2.13. The molecule has 2 rings (SSSR count). The average molecular weight is 231 g/mol. The Labute approximate surface area is 103 Å². The first-order valence-electron chi connectivity index (χ1n) is 6.49. The standard InChI is InChI=1S/C14H21N3/c1-3-7-13(15-4-2)11-17-14-9-6-5-8-12(14)10-16-17/h5-6,8-10,13,15H,3-4,7,11H2,1-2H3. The van der Waals surface area contributed by atoms with Crippen LogP contribution in [0.1, 0.15) is 26.7 Å². The molecule has 1 aromatic carbocycles. The smallest absolute Gasteiger partial charge is 0.0683 e. The molecule has 0 fully saturated rings. The second-order valence-electron chi connectivity index (χ2n) is 4.43. The number of fused-ring (bicyclic) bond motifs is 1. The van der Waals surface area contributed by atoms with Gasteiger partial charge in [-0.2, -0.15) is 5.10 Å². The number of benzene rings is 1. The summed E-state index contributed by atoms with van der Waals surface area (Å²) >= 11 is 0. The topological polar surface area (TPSA) is 29.9 Å². The highest BCUT2D eigenvalue weighted by Gasteiger charge is 2.09. The van der Waals surface area contributed by atoms with Crippen LogP contribution in [-0.4, -0.2) is 22.4 Å². The molecule has 3 nitrogen and oxygen atoms in total. The Balaban J connectivity index is 2.15. The van der Waals surface area contributed by atoms with Crippen LogP contribution < -0.4 is 5.32 Å². The van der Waals surface area contributed by atoms with Gasteiger partial charge < -0.3 is 5.32 Å². The number of hydrogen-bond acceptors (Lipinski definition) is 2. The van der Waals surface area contributed by atoms with Crippen LogP contribution in [0.2, 0.25) is 0 Å². The Morgan fingerprint density at radius 1 is 1.29 bits per heavy atom. The second-order valence-corrected chi connectivity index (χ2v) is 4.43. The molecular formula is C14H21N3. The predicted octanol–water partition coefficient (Wildman–Crippen LogP) is 2.81. The third-order valence-electron chi connectivity index (χ3n) is 3.07. The van der Waals surface area contributed by atoms with Crippen molar-refractivity contribution < 1.29 is 0 Å². The molecule has 17 heavy (non-hydrogen) atoms. The van der Waals surface area contributed by atoms with Crippen LogP contribution >= 0.6 is 0 Å². The molecule has 1 N–H and O–H groups in total. The van der Waals surface area contributed by atoms with Crippen LogP contribution in [0.25, 0.3) is 10.9 Å². The van der Waals surface area contributed by atoms with Gasteiger partial charge in [-0.3, -0.25) is 4.68 Å². The summed E-state index contributed by atoms with van der Waals surface area (Å²) in [6.45, 7) is 6.36. The van der Waals surface area contributed by atoms with E-state index in [1.165, 1.54) is 23.7 Å². The number of likely N-dealkylation sites (N-methyl/N-ethyl adjacent to an activating group) is 1. The summed E-state index contributed by atoms with van der Waals surface area (Å²) in [7, 11) is 0. The summed E-state index contributed by atoms with van der Waals surface area (Å²) in [5.41, 5.74) is 1.23. The molecular weight excluding hydrogens is 210 g/mol. The van der Waals surface area contributed by atoms with Crippen LogP contribution in [0, 0.1) is 0 Å². The quantitative estimate of drug-likeness (QED) is 0.828. The molecule has 0 aliphatic heterocycles. The van der Waals surface area contributed by atoms with Gasteiger partial charge in [0.05, 0.1) is 18.3 Å². The van der Waals surface area contributed by atoms with Gasteiger partial charge in [0.15, 0.2) is 0 Å². The van der Waals surface area contributed by atoms with E-state index in [9.17, 15) is 0 Å². The van der Waals surface area contributed by atoms with Crippen molar-refractivity contribution in [1.29, 1.82) is 0 Å². The maximum absolute atomic E-state index is 4.48. The maximum Gasteiger partial charge on any atom is 0.0683 e. The summed E-state index contributed by atoms with van der Waals surface area (Å²) in [6, 6.07) is 8.90. The van der Waals surface area contributed by atoms with Crippen LogP contribution in [-0.2, 0) is 6.54 Å². The van der Waals surface area contributed by atoms with Gasteiger partial charge in [0.25, 0.3) is 0 Å². The molecule has 0 saturated carbocycles. The highest BCUT2D eigenvalue weighted by molar-refractivity contribution is 5.78. The van der Waals surface area contributed by atoms with Gasteiger partial charge in [-0.1, -0.05) is 38.5 Å². The zero-order valence-corrected chi connectivity index (χ0v) is 10.7. The fourth-order valence-corrected chi connectivity index (χ4v) is 2.28. The monoisotopic (exact) mass is 231 g/mol. The summed E-state index contributed by atoms with van der Waals surface area (Å²) in [5.74, 6) is 0. The number of rotatable bonds is 6. The summed E-state index contributed by atoms with van der Waals surface area (Å²) in [4.78, 5) is 0. The molecule has 2 aromatic rings. The number of para-hydroxylation sites is 1. The SMILES string of the molecule is CCCC(Cn1ncc2ccccc21)NCC. The van der Waals surface area contributed by atoms with Crippen LogP contribution in [0.3, 0.4) is 0 Å². The van der Waals surface area contributed by atoms with Crippen molar-refractivity contribution >= 4 is 10.9 Å². The Morgan fingerprint density at radius 3 is 2.88 bits per heavy atom. The van der Waals surface area contributed by atoms with Crippen molar-refractivity contribution in [3.63, 3.8) is 0 Å². The van der Waals surface area contributed by atoms with E-state index in [0.717, 1.165) is 13.1 Å². The van der Waals surface area contributed by atoms with E-state index in [1.807, 2.05) is 6.20 Å². The Kier molecular flexibility index (Phi) is 4.15. The predicted molar refractivity (Wildman–Crippen MR) is 72.1 cm³/mol. The van der Waals surface area contributed by atoms with Gasteiger partial charge in [0.1, 0.15) is 0 Å². The number of hydrogen-bond donors (Lipinski definition) is 1. The Bertz CT molecular complexity index is 455. The van der Waals surface area contributed by atoms with Crippen molar-refractivity contribution in [3.8, 4) is 0 Å². The maximum atomic E-state index is 4.48. The van der Waals surface area contributed by atoms with E-state index in [1.54, 1.807) is 0 Å². The average Bonchev–Trinajstić information content (AvgIpc) is 2.74. The number of nitrogens with zero attached hydrogens (tertiary/aromatic N) is 2. The molecule has 1 heterocycles. The lowest BCUT2D eigenvalue weighted by Crippen LogP contribution is -2.33. The highest BCUT2D eigenvalue weighted by atomic mass is 15.3. The van der Waals surface area contributed by atoms with Gasteiger partial charge in [-0.15, -0.1) is 0 Å². The molecule has 0 saturated heterocycles. The fourth-order valence-electron chi connectivity index (χ4n) is 2.28. The first-order chi connectivity index (χ1) is 8.35. The zero-order valence-electron chi connectivity index (χ0n) is 10.7. The molecule has 1 atom stereocenters. The molecule has 0 amide bonds. The Morgan fingerprint density at radius 2 is 2.12 bits per heavy atom. The van der Waals surface area contributed by atoms with Gasteiger partial charge in [0, 0.05) is 11.4 Å². The van der Waals surface area contributed by atoms with Crippen molar-refractivity contribution in [1.82, 2.24) is 15.1 Å². The number of nitrogens with one attached hydrogen (secondary N) is 1. The zero-order chi connectivity index (χ0) is 12.1. The second kappa shape index (κ2) is 5.82. The molecule has 0 radical (unpaired) electrons. The van der Waals surface area contributed by atoms with E-state index in [2.05, 4.69) is 53.2 Å². The molecule has 3 heteroatoms. The van der Waals surface area contributed by atoms with E-state index in [4.69, 9.17) is 0 Å². The molecule has 1 unspecified atom stereocenters. The van der Waals surface area contributed by atoms with E-state index in [0.29, 0.717) is 6.04 Å². The van der Waals surface area contributed by atoms with Crippen molar-refractivity contribution in [3.05, 3.63) is 30.5 Å². The van der Waals surface area contributed by atoms with E-state index >= 15 is 0 Å². The van der Waals surface area contributed by atoms with Crippen LogP contribution in [0.4, 0.5) is 0 Å². The molecule has 0 aliphatic rings. The minimum atomic E-state index is 0.522. The first-order valence-corrected chi connectivity index (χ1v) is 6.49. The van der Waals surface area contributed by atoms with Crippen molar-refractivity contribution in [2.24, 2.45) is 0 Å². The van der Waals surface area contributed by atoms with Crippen molar-refractivity contribution in [2.75, 3.05) is 6.54 Å². The van der Waals surface area contributed by atoms with Gasteiger partial charge in [0.2, 0.25) is 0 Å². The van der Waals surface area contributed by atoms with E-state index < -0.39 is 0 Å². The normalized spacial score (nSPS) is 13.1. The molecule has 92 valence electrons. The third-order valence-corrected chi connectivity index (χ3v) is 3.07. The van der Waals surface area contributed by atoms with Gasteiger partial charge in [-0.25, -0.2) is 0 Å². The lowest BCUT2D eigenvalue weighted by Gasteiger charge is -2.17. The molecule has 0 bridgehead atoms. The number of aromatic nitrogens is 2. The Hall–Kier alpha value is -1.35. The lowest BCUT2D eigenvalue weighted by molar-refractivity contribution is 0.415. The minimum absolute atomic E-state index is 0.522. The summed E-state index contributed by atoms with van der Waals surface area (Å²) in [5, 5.41) is 9.22. The van der Waals surface area contributed by atoms with Crippen LogP contribution in [0.15, 0.2) is 30.5 Å². The summed E-state index contributed by atoms with van der Waals surface area (Å²) in [6.07, 6.45) is 4.35. The van der Waals surface area contributed by atoms with Gasteiger partial charge >= 0.3 is 0 Å². The lowest BCUT2D eigenvalue weighted by atomic mass is 10.1. The van der Waals surface area contributed by atoms with Crippen LogP contribution in [0.5, 0.6) is 0 Å². The molecule has 0 spiro atoms. The molecule has 1 aromatic heterocycles. The first kappa shape index (κ1) is 12.1. The van der Waals surface area contributed by atoms with E-state index in [-0.39, 0.29) is 0 Å². The fraction of sp³-hybridized carbons (Fsp3) is 0.500. The minimum Gasteiger partial charge on any atom is -0.312 e. The largest absolute Gasteiger partial charge is 0.312 e.